The maximum atomic E-state index is 14.8. The van der Waals surface area contributed by atoms with Crippen LogP contribution in [0.3, 0.4) is 0 Å². The Morgan fingerprint density at radius 2 is 1.58 bits per heavy atom. The molecule has 0 fully saturated rings. The SMILES string of the molecule is CCCc1ccc2c(oc(=S)c3cc(-c4ccc(C)cc4)ccc32)c1F. The Morgan fingerprint density at radius 1 is 0.885 bits per heavy atom. The Labute approximate surface area is 157 Å². The highest BCUT2D eigenvalue weighted by Gasteiger charge is 2.13. The second kappa shape index (κ2) is 6.65. The van der Waals surface area contributed by atoms with Gasteiger partial charge in [-0.05, 0) is 53.7 Å². The molecule has 0 saturated carbocycles. The number of halogens is 1. The predicted molar refractivity (Wildman–Crippen MR) is 109 cm³/mol. The highest BCUT2D eigenvalue weighted by atomic mass is 32.1. The fourth-order valence-corrected chi connectivity index (χ4v) is 3.64. The largest absolute Gasteiger partial charge is 0.441 e. The van der Waals surface area contributed by atoms with E-state index in [-0.39, 0.29) is 11.4 Å². The van der Waals surface area contributed by atoms with E-state index in [4.69, 9.17) is 16.6 Å². The fourth-order valence-electron chi connectivity index (χ4n) is 3.39. The van der Waals surface area contributed by atoms with Gasteiger partial charge in [-0.2, -0.15) is 0 Å². The lowest BCUT2D eigenvalue weighted by molar-refractivity contribution is 0.538. The van der Waals surface area contributed by atoms with Gasteiger partial charge < -0.3 is 4.42 Å². The molecule has 1 nitrogen and oxygen atoms in total. The highest BCUT2D eigenvalue weighted by molar-refractivity contribution is 7.71. The molecule has 1 aromatic heterocycles. The molecule has 3 heteroatoms. The Hall–Kier alpha value is -2.52. The van der Waals surface area contributed by atoms with E-state index in [1.54, 1.807) is 0 Å². The summed E-state index contributed by atoms with van der Waals surface area (Å²) in [4.78, 5) is 0. The molecule has 4 aromatic rings. The van der Waals surface area contributed by atoms with Gasteiger partial charge in [0.15, 0.2) is 16.1 Å². The summed E-state index contributed by atoms with van der Waals surface area (Å²) in [6.07, 6.45) is 1.57. The molecule has 0 atom stereocenters. The second-order valence-corrected chi connectivity index (χ2v) is 7.05. The lowest BCUT2D eigenvalue weighted by Crippen LogP contribution is -1.92. The summed E-state index contributed by atoms with van der Waals surface area (Å²) < 4.78 is 20.9. The summed E-state index contributed by atoms with van der Waals surface area (Å²) >= 11 is 5.45. The van der Waals surface area contributed by atoms with E-state index in [1.165, 1.54) is 5.56 Å². The van der Waals surface area contributed by atoms with E-state index in [0.717, 1.165) is 33.7 Å². The van der Waals surface area contributed by atoms with E-state index in [0.29, 0.717) is 16.7 Å². The quantitative estimate of drug-likeness (QED) is 0.278. The smallest absolute Gasteiger partial charge is 0.198 e. The summed E-state index contributed by atoms with van der Waals surface area (Å²) in [5.41, 5.74) is 4.35. The van der Waals surface area contributed by atoms with Crippen molar-refractivity contribution in [3.63, 3.8) is 0 Å². The van der Waals surface area contributed by atoms with Crippen LogP contribution in [0.5, 0.6) is 0 Å². The molecule has 0 saturated heterocycles. The standard InChI is InChI=1S/C23H19FOS/c1-3-4-16-9-12-19-18-11-10-17(15-7-5-14(2)6-8-15)13-20(18)23(26)25-22(19)21(16)24/h5-13H,3-4H2,1-2H3. The second-order valence-electron chi connectivity index (χ2n) is 6.68. The zero-order chi connectivity index (χ0) is 18.3. The van der Waals surface area contributed by atoms with Crippen LogP contribution in [0.2, 0.25) is 0 Å². The van der Waals surface area contributed by atoms with E-state index in [9.17, 15) is 4.39 Å². The number of fused-ring (bicyclic) bond motifs is 3. The molecular formula is C23H19FOS. The maximum absolute atomic E-state index is 14.8. The predicted octanol–water partition coefficient (Wildman–Crippen LogP) is 7.38. The normalized spacial score (nSPS) is 11.3. The molecule has 0 N–H and O–H groups in total. The molecule has 0 amide bonds. The lowest BCUT2D eigenvalue weighted by Gasteiger charge is -2.09. The van der Waals surface area contributed by atoms with Gasteiger partial charge in [0.2, 0.25) is 0 Å². The Kier molecular flexibility index (Phi) is 4.33. The summed E-state index contributed by atoms with van der Waals surface area (Å²) in [5.74, 6) is -0.292. The first-order valence-electron chi connectivity index (χ1n) is 8.83. The molecular weight excluding hydrogens is 343 g/mol. The number of hydrogen-bond donors (Lipinski definition) is 0. The number of benzene rings is 3. The topological polar surface area (TPSA) is 13.1 Å². The Balaban J connectivity index is 1.96. The van der Waals surface area contributed by atoms with E-state index < -0.39 is 0 Å². The van der Waals surface area contributed by atoms with Crippen molar-refractivity contribution in [2.75, 3.05) is 0 Å². The van der Waals surface area contributed by atoms with Crippen molar-refractivity contribution >= 4 is 34.0 Å². The number of aryl methyl sites for hydroxylation is 2. The van der Waals surface area contributed by atoms with Crippen LogP contribution in [-0.2, 0) is 6.42 Å². The third kappa shape index (κ3) is 2.82. The van der Waals surface area contributed by atoms with Crippen LogP contribution in [0.1, 0.15) is 24.5 Å². The minimum absolute atomic E-state index is 0.261. The average Bonchev–Trinajstić information content (AvgIpc) is 2.65. The summed E-state index contributed by atoms with van der Waals surface area (Å²) in [5, 5.41) is 2.53. The average molecular weight is 362 g/mol. The molecule has 0 spiro atoms. The Morgan fingerprint density at radius 3 is 2.31 bits per heavy atom. The molecule has 0 aliphatic carbocycles. The first kappa shape index (κ1) is 16.9. The molecule has 0 bridgehead atoms. The fraction of sp³-hybridized carbons (Fsp3) is 0.174. The van der Waals surface area contributed by atoms with Gasteiger partial charge in [-0.1, -0.05) is 67.4 Å². The monoisotopic (exact) mass is 362 g/mol. The molecule has 26 heavy (non-hydrogen) atoms. The first-order chi connectivity index (χ1) is 12.6. The van der Waals surface area contributed by atoms with E-state index in [2.05, 4.69) is 37.3 Å². The van der Waals surface area contributed by atoms with Crippen molar-refractivity contribution in [3.8, 4) is 11.1 Å². The number of rotatable bonds is 3. The van der Waals surface area contributed by atoms with Gasteiger partial charge in [0.25, 0.3) is 0 Å². The van der Waals surface area contributed by atoms with Crippen molar-refractivity contribution in [2.24, 2.45) is 0 Å². The summed E-state index contributed by atoms with van der Waals surface area (Å²) in [6, 6.07) is 18.2. The molecule has 1 heterocycles. The van der Waals surface area contributed by atoms with E-state index in [1.807, 2.05) is 31.2 Å². The van der Waals surface area contributed by atoms with Crippen molar-refractivity contribution in [2.45, 2.75) is 26.7 Å². The van der Waals surface area contributed by atoms with Crippen molar-refractivity contribution in [1.29, 1.82) is 0 Å². The molecule has 3 aromatic carbocycles. The minimum Gasteiger partial charge on any atom is -0.441 e. The van der Waals surface area contributed by atoms with Crippen LogP contribution < -0.4 is 0 Å². The molecule has 4 rings (SSSR count). The van der Waals surface area contributed by atoms with Crippen LogP contribution in [-0.4, -0.2) is 0 Å². The summed E-state index contributed by atoms with van der Waals surface area (Å²) in [7, 11) is 0. The zero-order valence-electron chi connectivity index (χ0n) is 14.8. The van der Waals surface area contributed by atoms with Crippen molar-refractivity contribution in [1.82, 2.24) is 0 Å². The van der Waals surface area contributed by atoms with Crippen LogP contribution in [0.15, 0.2) is 59.0 Å². The lowest BCUT2D eigenvalue weighted by atomic mass is 9.99. The molecule has 0 aliphatic rings. The van der Waals surface area contributed by atoms with Gasteiger partial charge in [-0.3, -0.25) is 0 Å². The molecule has 0 radical (unpaired) electrons. The third-order valence-corrected chi connectivity index (χ3v) is 5.11. The maximum Gasteiger partial charge on any atom is 0.198 e. The van der Waals surface area contributed by atoms with Crippen LogP contribution in [0, 0.1) is 17.4 Å². The zero-order valence-corrected chi connectivity index (χ0v) is 15.6. The van der Waals surface area contributed by atoms with Gasteiger partial charge in [0.05, 0.1) is 0 Å². The van der Waals surface area contributed by atoms with Crippen LogP contribution >= 0.6 is 12.2 Å². The molecule has 0 aliphatic heterocycles. The van der Waals surface area contributed by atoms with Gasteiger partial charge in [-0.15, -0.1) is 0 Å². The summed E-state index contributed by atoms with van der Waals surface area (Å²) in [6.45, 7) is 4.10. The van der Waals surface area contributed by atoms with Crippen LogP contribution in [0.4, 0.5) is 4.39 Å². The van der Waals surface area contributed by atoms with Gasteiger partial charge in [0.1, 0.15) is 0 Å². The van der Waals surface area contributed by atoms with E-state index >= 15 is 0 Å². The van der Waals surface area contributed by atoms with Gasteiger partial charge in [0, 0.05) is 10.8 Å². The molecule has 130 valence electrons. The van der Waals surface area contributed by atoms with Crippen molar-refractivity contribution in [3.05, 3.63) is 76.2 Å². The van der Waals surface area contributed by atoms with Gasteiger partial charge >= 0.3 is 0 Å². The minimum atomic E-state index is -0.292. The van der Waals surface area contributed by atoms with Crippen LogP contribution in [0.25, 0.3) is 32.9 Å². The Bertz CT molecular complexity index is 1170. The van der Waals surface area contributed by atoms with Crippen molar-refractivity contribution < 1.29 is 8.81 Å². The highest BCUT2D eigenvalue weighted by Crippen LogP contribution is 2.33. The van der Waals surface area contributed by atoms with Gasteiger partial charge in [-0.25, -0.2) is 4.39 Å². The third-order valence-electron chi connectivity index (χ3n) is 4.81. The number of hydrogen-bond acceptors (Lipinski definition) is 2. The first-order valence-corrected chi connectivity index (χ1v) is 9.24. The molecule has 0 unspecified atom stereocenters.